The van der Waals surface area contributed by atoms with Gasteiger partial charge in [-0.2, -0.15) is 4.99 Å². The number of halogens is 1. The molecular weight excluding hydrogens is 364 g/mol. The lowest BCUT2D eigenvalue weighted by Crippen LogP contribution is -2.81. The van der Waals surface area contributed by atoms with Crippen molar-refractivity contribution in [2.75, 3.05) is 4.90 Å². The second-order valence-corrected chi connectivity index (χ2v) is 9.17. The van der Waals surface area contributed by atoms with E-state index < -0.39 is 16.7 Å². The van der Waals surface area contributed by atoms with E-state index in [0.717, 1.165) is 11.3 Å². The standard InChI is InChI=1S/C20H19ClN4O2/c1-18(2)14(21)10-19-12-9-16(26)24(19)8-7-15-20(18,23-17(27)22-15)25(19)13-6-4-3-5-11(12)13/h3-8,12,14H,9-10H2,1-2H3,(H,23,27)/t12-,14+,19+,20-/m1/s1. The van der Waals surface area contributed by atoms with Crippen molar-refractivity contribution in [2.24, 2.45) is 10.4 Å². The highest BCUT2D eigenvalue weighted by molar-refractivity contribution is 6.24. The number of urea groups is 1. The van der Waals surface area contributed by atoms with E-state index >= 15 is 0 Å². The van der Waals surface area contributed by atoms with E-state index in [4.69, 9.17) is 11.6 Å². The van der Waals surface area contributed by atoms with Crippen LogP contribution in [0.4, 0.5) is 10.5 Å². The van der Waals surface area contributed by atoms with Crippen molar-refractivity contribution in [2.45, 2.75) is 49.3 Å². The van der Waals surface area contributed by atoms with E-state index in [1.165, 1.54) is 0 Å². The van der Waals surface area contributed by atoms with Crippen LogP contribution in [0.15, 0.2) is 41.5 Å². The minimum absolute atomic E-state index is 0.0110. The number of hydrogen-bond donors (Lipinski definition) is 1. The first-order valence-corrected chi connectivity index (χ1v) is 9.73. The molecule has 0 aliphatic carbocycles. The molecule has 0 saturated carbocycles. The largest absolute Gasteiger partial charge is 0.343 e. The van der Waals surface area contributed by atoms with Gasteiger partial charge in [-0.15, -0.1) is 11.6 Å². The molecule has 5 aliphatic heterocycles. The van der Waals surface area contributed by atoms with Gasteiger partial charge >= 0.3 is 6.03 Å². The summed E-state index contributed by atoms with van der Waals surface area (Å²) >= 11 is 7.00. The predicted octanol–water partition coefficient (Wildman–Crippen LogP) is 2.94. The summed E-state index contributed by atoms with van der Waals surface area (Å²) in [6.07, 6.45) is 4.70. The van der Waals surface area contributed by atoms with Crippen LogP contribution in [0.25, 0.3) is 0 Å². The lowest BCUT2D eigenvalue weighted by Gasteiger charge is -2.63. The van der Waals surface area contributed by atoms with Gasteiger partial charge in [0.1, 0.15) is 5.66 Å². The van der Waals surface area contributed by atoms with E-state index in [9.17, 15) is 9.59 Å². The first-order valence-electron chi connectivity index (χ1n) is 9.29. The van der Waals surface area contributed by atoms with Crippen LogP contribution in [0.3, 0.4) is 0 Å². The minimum atomic E-state index is -0.893. The van der Waals surface area contributed by atoms with Gasteiger partial charge in [0.15, 0.2) is 5.66 Å². The maximum absolute atomic E-state index is 13.0. The Kier molecular flexibility index (Phi) is 2.55. The van der Waals surface area contributed by atoms with Gasteiger partial charge in [0.25, 0.3) is 0 Å². The Labute approximate surface area is 161 Å². The zero-order valence-electron chi connectivity index (χ0n) is 15.1. The second kappa shape index (κ2) is 4.38. The van der Waals surface area contributed by atoms with E-state index in [2.05, 4.69) is 41.2 Å². The summed E-state index contributed by atoms with van der Waals surface area (Å²) in [5.74, 6) is 0.0957. The van der Waals surface area contributed by atoms with Gasteiger partial charge in [0.2, 0.25) is 5.91 Å². The number of carbonyl (C=O) groups is 2. The lowest BCUT2D eigenvalue weighted by molar-refractivity contribution is -0.129. The number of hydrogen-bond acceptors (Lipinski definition) is 3. The fraction of sp³-hybridized carbons (Fsp3) is 0.450. The lowest BCUT2D eigenvalue weighted by atomic mass is 9.65. The van der Waals surface area contributed by atoms with Crippen LogP contribution < -0.4 is 10.2 Å². The van der Waals surface area contributed by atoms with Crippen molar-refractivity contribution in [3.8, 4) is 0 Å². The van der Waals surface area contributed by atoms with Crippen LogP contribution in [-0.2, 0) is 4.79 Å². The maximum Gasteiger partial charge on any atom is 0.343 e. The molecule has 1 aromatic rings. The summed E-state index contributed by atoms with van der Waals surface area (Å²) in [6, 6.07) is 7.84. The number of benzene rings is 1. The van der Waals surface area contributed by atoms with E-state index in [-0.39, 0.29) is 23.2 Å². The molecule has 5 heterocycles. The Morgan fingerprint density at radius 3 is 2.85 bits per heavy atom. The molecular formula is C20H19ClN4O2. The average molecular weight is 383 g/mol. The third-order valence-electron chi connectivity index (χ3n) is 7.36. The molecule has 6 rings (SSSR count). The quantitative estimate of drug-likeness (QED) is 0.701. The van der Waals surface area contributed by atoms with Crippen LogP contribution >= 0.6 is 11.6 Å². The van der Waals surface area contributed by atoms with Crippen LogP contribution in [-0.4, -0.2) is 39.3 Å². The number of para-hydroxylation sites is 1. The molecule has 7 heteroatoms. The molecule has 3 amide bonds. The number of nitrogens with zero attached hydrogens (tertiary/aromatic N) is 3. The molecule has 2 spiro atoms. The Morgan fingerprint density at radius 2 is 2.04 bits per heavy atom. The fourth-order valence-corrected chi connectivity index (χ4v) is 6.47. The number of piperidine rings is 1. The number of aliphatic imine (C=N–C) groups is 1. The van der Waals surface area contributed by atoms with Gasteiger partial charge in [-0.3, -0.25) is 9.69 Å². The molecule has 6 nitrogen and oxygen atoms in total. The second-order valence-electron chi connectivity index (χ2n) is 8.64. The van der Waals surface area contributed by atoms with Crippen molar-refractivity contribution in [3.05, 3.63) is 42.1 Å². The summed E-state index contributed by atoms with van der Waals surface area (Å²) in [4.78, 5) is 33.8. The number of fused-ring (bicyclic) bond motifs is 2. The van der Waals surface area contributed by atoms with Gasteiger partial charge in [-0.25, -0.2) is 4.79 Å². The number of anilines is 1. The zero-order valence-corrected chi connectivity index (χ0v) is 15.8. The Bertz CT molecular complexity index is 1000. The smallest absolute Gasteiger partial charge is 0.318 e. The van der Waals surface area contributed by atoms with E-state index in [0.29, 0.717) is 18.6 Å². The minimum Gasteiger partial charge on any atom is -0.318 e. The van der Waals surface area contributed by atoms with Gasteiger partial charge in [0, 0.05) is 41.4 Å². The highest BCUT2D eigenvalue weighted by Gasteiger charge is 2.76. The number of carbonyl (C=O) groups excluding carboxylic acids is 2. The van der Waals surface area contributed by atoms with Gasteiger partial charge in [-0.1, -0.05) is 32.0 Å². The molecule has 1 N–H and O–H groups in total. The molecule has 2 fully saturated rings. The molecule has 0 radical (unpaired) electrons. The fourth-order valence-electron chi connectivity index (χ4n) is 6.09. The van der Waals surface area contributed by atoms with Crippen molar-refractivity contribution < 1.29 is 9.59 Å². The summed E-state index contributed by atoms with van der Waals surface area (Å²) in [5.41, 5.74) is 0.808. The van der Waals surface area contributed by atoms with Crippen LogP contribution in [0, 0.1) is 5.41 Å². The van der Waals surface area contributed by atoms with Crippen molar-refractivity contribution in [1.82, 2.24) is 10.2 Å². The van der Waals surface area contributed by atoms with Crippen LogP contribution in [0.1, 0.15) is 38.2 Å². The van der Waals surface area contributed by atoms with Gasteiger partial charge in [-0.05, 0) is 17.7 Å². The Morgan fingerprint density at radius 1 is 1.26 bits per heavy atom. The zero-order chi connectivity index (χ0) is 18.8. The molecule has 27 heavy (non-hydrogen) atoms. The number of nitrogens with one attached hydrogen (secondary N) is 1. The Hall–Kier alpha value is -2.34. The monoisotopic (exact) mass is 382 g/mol. The number of rotatable bonds is 0. The summed E-state index contributed by atoms with van der Waals surface area (Å²) < 4.78 is 0. The third-order valence-corrected chi connectivity index (χ3v) is 8.06. The van der Waals surface area contributed by atoms with Crippen molar-refractivity contribution in [3.63, 3.8) is 0 Å². The number of alkyl halides is 1. The SMILES string of the molecule is CC1(C)[C@@H](Cl)C[C@]23[C@@H]4CC(=O)N2C=CC2=NC(=O)N[C@@]21N3c1ccccc14. The van der Waals surface area contributed by atoms with Gasteiger partial charge in [0.05, 0.1) is 5.71 Å². The summed E-state index contributed by atoms with van der Waals surface area (Å²) in [6.45, 7) is 4.16. The third kappa shape index (κ3) is 1.41. The summed E-state index contributed by atoms with van der Waals surface area (Å²) in [5, 5.41) is 2.91. The van der Waals surface area contributed by atoms with E-state index in [1.807, 2.05) is 29.3 Å². The molecule has 2 saturated heterocycles. The molecule has 138 valence electrons. The molecule has 4 atom stereocenters. The highest BCUT2D eigenvalue weighted by atomic mass is 35.5. The highest BCUT2D eigenvalue weighted by Crippen LogP contribution is 2.66. The first-order chi connectivity index (χ1) is 12.8. The molecule has 1 aromatic carbocycles. The Balaban J connectivity index is 1.77. The predicted molar refractivity (Wildman–Crippen MR) is 102 cm³/mol. The van der Waals surface area contributed by atoms with Crippen LogP contribution in [0.2, 0.25) is 0 Å². The molecule has 5 aliphatic rings. The van der Waals surface area contributed by atoms with E-state index in [1.54, 1.807) is 0 Å². The number of amides is 3. The normalized spacial score (nSPS) is 39.6. The maximum atomic E-state index is 13.0. The molecule has 0 unspecified atom stereocenters. The van der Waals surface area contributed by atoms with Crippen LogP contribution in [0.5, 0.6) is 0 Å². The first kappa shape index (κ1) is 15.7. The van der Waals surface area contributed by atoms with Crippen molar-refractivity contribution >= 4 is 34.9 Å². The topological polar surface area (TPSA) is 65.0 Å². The van der Waals surface area contributed by atoms with Gasteiger partial charge < -0.3 is 10.2 Å². The molecule has 0 aromatic heterocycles. The average Bonchev–Trinajstić information content (AvgIpc) is 3.15. The van der Waals surface area contributed by atoms with Crippen molar-refractivity contribution in [1.29, 1.82) is 0 Å². The molecule has 2 bridgehead atoms. The summed E-state index contributed by atoms with van der Waals surface area (Å²) in [7, 11) is 0.